The Kier molecular flexibility index (Phi) is 4.06. The second-order valence-corrected chi connectivity index (χ2v) is 6.24. The van der Waals surface area contributed by atoms with E-state index >= 15 is 0 Å². The number of anilines is 1. The zero-order valence-corrected chi connectivity index (χ0v) is 12.1. The zero-order chi connectivity index (χ0) is 14.8. The molecule has 2 rings (SSSR count). The molecule has 20 heavy (non-hydrogen) atoms. The number of sulfonamides is 1. The maximum absolute atomic E-state index is 12.3. The van der Waals surface area contributed by atoms with Crippen LogP contribution in [0.3, 0.4) is 0 Å². The highest BCUT2D eigenvalue weighted by Gasteiger charge is 2.15. The first-order chi connectivity index (χ1) is 9.42. The van der Waals surface area contributed by atoms with Crippen LogP contribution in [0.1, 0.15) is 16.7 Å². The third-order valence-corrected chi connectivity index (χ3v) is 4.39. The molecule has 1 heterocycles. The van der Waals surface area contributed by atoms with Crippen molar-refractivity contribution in [3.63, 3.8) is 0 Å². The van der Waals surface area contributed by atoms with Crippen LogP contribution in [0.2, 0.25) is 0 Å². The minimum absolute atomic E-state index is 0.166. The number of hydrogen-bond donors (Lipinski definition) is 2. The van der Waals surface area contributed by atoms with Gasteiger partial charge in [-0.3, -0.25) is 4.72 Å². The first-order valence-corrected chi connectivity index (χ1v) is 7.56. The molecule has 0 fully saturated rings. The van der Waals surface area contributed by atoms with Crippen LogP contribution in [-0.2, 0) is 16.6 Å². The molecule has 0 saturated heterocycles. The topological polar surface area (TPSA) is 79.3 Å². The van der Waals surface area contributed by atoms with Gasteiger partial charge in [-0.05, 0) is 54.8 Å². The van der Waals surface area contributed by atoms with Crippen molar-refractivity contribution in [2.24, 2.45) is 0 Å². The minimum Gasteiger partial charge on any atom is -0.392 e. The first-order valence-electron chi connectivity index (χ1n) is 6.08. The fourth-order valence-corrected chi connectivity index (χ4v) is 2.79. The van der Waals surface area contributed by atoms with E-state index in [0.29, 0.717) is 5.56 Å². The third-order valence-electron chi connectivity index (χ3n) is 3.03. The second-order valence-electron chi connectivity index (χ2n) is 4.56. The van der Waals surface area contributed by atoms with E-state index in [1.165, 1.54) is 12.3 Å². The molecule has 1 aromatic heterocycles. The Labute approximate surface area is 118 Å². The highest BCUT2D eigenvalue weighted by Crippen LogP contribution is 2.18. The summed E-state index contributed by atoms with van der Waals surface area (Å²) in [5.41, 5.74) is 2.53. The standard InChI is InChI=1S/C14H16N2O3S/c1-10-3-4-13(7-11(10)2)20(18,19)16-14-8-12(9-17)5-6-15-14/h3-8,17H,9H2,1-2H3,(H,15,16). The van der Waals surface area contributed by atoms with Gasteiger partial charge in [0.2, 0.25) is 0 Å². The van der Waals surface area contributed by atoms with Crippen LogP contribution in [-0.4, -0.2) is 18.5 Å². The second kappa shape index (κ2) is 5.60. The number of aliphatic hydroxyl groups is 1. The predicted octanol–water partition coefficient (Wildman–Crippen LogP) is 1.99. The van der Waals surface area contributed by atoms with Crippen molar-refractivity contribution in [2.75, 3.05) is 4.72 Å². The van der Waals surface area contributed by atoms with Crippen LogP contribution in [0.15, 0.2) is 41.4 Å². The molecule has 5 nitrogen and oxygen atoms in total. The maximum Gasteiger partial charge on any atom is 0.263 e. The fraction of sp³-hybridized carbons (Fsp3) is 0.214. The largest absolute Gasteiger partial charge is 0.392 e. The van der Waals surface area contributed by atoms with Crippen molar-refractivity contribution in [2.45, 2.75) is 25.3 Å². The van der Waals surface area contributed by atoms with Crippen molar-refractivity contribution in [3.8, 4) is 0 Å². The Morgan fingerprint density at radius 3 is 2.55 bits per heavy atom. The Hall–Kier alpha value is -1.92. The molecule has 2 aromatic rings. The summed E-state index contributed by atoms with van der Waals surface area (Å²) < 4.78 is 26.9. The molecule has 0 radical (unpaired) electrons. The van der Waals surface area contributed by atoms with Crippen LogP contribution in [0.25, 0.3) is 0 Å². The highest BCUT2D eigenvalue weighted by atomic mass is 32.2. The molecule has 1 aromatic carbocycles. The molecule has 0 atom stereocenters. The minimum atomic E-state index is -3.67. The van der Waals surface area contributed by atoms with E-state index in [1.807, 2.05) is 13.8 Å². The average Bonchev–Trinajstić information content (AvgIpc) is 2.41. The van der Waals surface area contributed by atoms with E-state index in [4.69, 9.17) is 5.11 Å². The Balaban J connectivity index is 2.32. The first kappa shape index (κ1) is 14.5. The van der Waals surface area contributed by atoms with Crippen molar-refractivity contribution in [1.82, 2.24) is 4.98 Å². The lowest BCUT2D eigenvalue weighted by Gasteiger charge is -2.09. The van der Waals surface area contributed by atoms with Crippen LogP contribution in [0.4, 0.5) is 5.82 Å². The summed E-state index contributed by atoms with van der Waals surface area (Å²) in [7, 11) is -3.67. The number of aryl methyl sites for hydroxylation is 2. The zero-order valence-electron chi connectivity index (χ0n) is 11.3. The predicted molar refractivity (Wildman–Crippen MR) is 76.9 cm³/mol. The summed E-state index contributed by atoms with van der Waals surface area (Å²) in [6.07, 6.45) is 1.45. The fourth-order valence-electron chi connectivity index (χ4n) is 1.71. The molecule has 0 spiro atoms. The number of aliphatic hydroxyl groups excluding tert-OH is 1. The van der Waals surface area contributed by atoms with Gasteiger partial charge >= 0.3 is 0 Å². The molecule has 0 saturated carbocycles. The van der Waals surface area contributed by atoms with Gasteiger partial charge in [0.05, 0.1) is 11.5 Å². The van der Waals surface area contributed by atoms with Crippen LogP contribution < -0.4 is 4.72 Å². The summed E-state index contributed by atoms with van der Waals surface area (Å²) in [6.45, 7) is 3.62. The van der Waals surface area contributed by atoms with E-state index in [1.54, 1.807) is 24.3 Å². The number of aromatic nitrogens is 1. The molecule has 0 bridgehead atoms. The van der Waals surface area contributed by atoms with E-state index < -0.39 is 10.0 Å². The Bertz CT molecular complexity index is 727. The van der Waals surface area contributed by atoms with Gasteiger partial charge in [-0.2, -0.15) is 0 Å². The quantitative estimate of drug-likeness (QED) is 0.903. The summed E-state index contributed by atoms with van der Waals surface area (Å²) in [6, 6.07) is 8.06. The summed E-state index contributed by atoms with van der Waals surface area (Å²) >= 11 is 0. The van der Waals surface area contributed by atoms with Gasteiger partial charge in [-0.1, -0.05) is 6.07 Å². The van der Waals surface area contributed by atoms with Gasteiger partial charge in [0.25, 0.3) is 10.0 Å². The number of hydrogen-bond acceptors (Lipinski definition) is 4. The summed E-state index contributed by atoms with van der Waals surface area (Å²) in [5, 5.41) is 9.04. The lowest BCUT2D eigenvalue weighted by Crippen LogP contribution is -2.14. The van der Waals surface area contributed by atoms with Gasteiger partial charge in [0.1, 0.15) is 5.82 Å². The lowest BCUT2D eigenvalue weighted by molar-refractivity contribution is 0.282. The SMILES string of the molecule is Cc1ccc(S(=O)(=O)Nc2cc(CO)ccn2)cc1C. The van der Waals surface area contributed by atoms with Crippen LogP contribution in [0, 0.1) is 13.8 Å². The normalized spacial score (nSPS) is 11.3. The molecule has 0 amide bonds. The molecule has 0 aliphatic rings. The molecule has 2 N–H and O–H groups in total. The Morgan fingerprint density at radius 2 is 1.90 bits per heavy atom. The van der Waals surface area contributed by atoms with E-state index in [2.05, 4.69) is 9.71 Å². The smallest absolute Gasteiger partial charge is 0.263 e. The van der Waals surface area contributed by atoms with Crippen molar-refractivity contribution < 1.29 is 13.5 Å². The third kappa shape index (κ3) is 3.15. The maximum atomic E-state index is 12.3. The highest BCUT2D eigenvalue weighted by molar-refractivity contribution is 7.92. The molecule has 0 aliphatic carbocycles. The molecular weight excluding hydrogens is 276 g/mol. The number of benzene rings is 1. The summed E-state index contributed by atoms with van der Waals surface area (Å²) in [5.74, 6) is 0.190. The van der Waals surface area contributed by atoms with Gasteiger partial charge < -0.3 is 5.11 Å². The monoisotopic (exact) mass is 292 g/mol. The van der Waals surface area contributed by atoms with Crippen molar-refractivity contribution in [1.29, 1.82) is 0 Å². The molecule has 0 unspecified atom stereocenters. The molecular formula is C14H16N2O3S. The number of nitrogens with zero attached hydrogens (tertiary/aromatic N) is 1. The average molecular weight is 292 g/mol. The summed E-state index contributed by atoms with van der Waals surface area (Å²) in [4.78, 5) is 4.13. The van der Waals surface area contributed by atoms with E-state index in [9.17, 15) is 8.42 Å². The van der Waals surface area contributed by atoms with Gasteiger partial charge in [0.15, 0.2) is 0 Å². The van der Waals surface area contributed by atoms with Crippen LogP contribution in [0.5, 0.6) is 0 Å². The number of nitrogens with one attached hydrogen (secondary N) is 1. The molecule has 6 heteroatoms. The van der Waals surface area contributed by atoms with Gasteiger partial charge in [-0.25, -0.2) is 13.4 Å². The Morgan fingerprint density at radius 1 is 1.15 bits per heavy atom. The van der Waals surface area contributed by atoms with Crippen molar-refractivity contribution in [3.05, 3.63) is 53.2 Å². The lowest BCUT2D eigenvalue weighted by atomic mass is 10.1. The van der Waals surface area contributed by atoms with Gasteiger partial charge in [-0.15, -0.1) is 0 Å². The van der Waals surface area contributed by atoms with Crippen molar-refractivity contribution >= 4 is 15.8 Å². The molecule has 0 aliphatic heterocycles. The molecule has 106 valence electrons. The van der Waals surface area contributed by atoms with Crippen LogP contribution >= 0.6 is 0 Å². The van der Waals surface area contributed by atoms with E-state index in [-0.39, 0.29) is 17.3 Å². The van der Waals surface area contributed by atoms with Gasteiger partial charge in [0, 0.05) is 6.20 Å². The van der Waals surface area contributed by atoms with E-state index in [0.717, 1.165) is 11.1 Å². The number of pyridine rings is 1. The number of rotatable bonds is 4.